The van der Waals surface area contributed by atoms with E-state index in [2.05, 4.69) is 13.8 Å². The zero-order valence-corrected chi connectivity index (χ0v) is 15.8. The third-order valence-electron chi connectivity index (χ3n) is 8.86. The van der Waals surface area contributed by atoms with Gasteiger partial charge in [-0.3, -0.25) is 4.79 Å². The molecule has 4 saturated carbocycles. The van der Waals surface area contributed by atoms with E-state index in [-0.39, 0.29) is 41.7 Å². The first-order chi connectivity index (χ1) is 11.7. The summed E-state index contributed by atoms with van der Waals surface area (Å²) in [5.41, 5.74) is 0.181. The SMILES string of the molecule is CC(=O)O[C@@H]1CC[C@H]2[C@@H]3CC[C@@H]4CC(F)(F)CC[C@]4(C)[C@H]3CC[C@]12C. The number of ether oxygens (including phenoxy) is 1. The summed E-state index contributed by atoms with van der Waals surface area (Å²) >= 11 is 0. The molecule has 0 saturated heterocycles. The Morgan fingerprint density at radius 1 is 0.920 bits per heavy atom. The Hall–Kier alpha value is -0.670. The van der Waals surface area contributed by atoms with E-state index >= 15 is 0 Å². The van der Waals surface area contributed by atoms with Crippen molar-refractivity contribution >= 4 is 5.97 Å². The number of hydrogen-bond donors (Lipinski definition) is 0. The van der Waals surface area contributed by atoms with Gasteiger partial charge in [0.2, 0.25) is 5.92 Å². The summed E-state index contributed by atoms with van der Waals surface area (Å²) in [5.74, 6) is -0.625. The van der Waals surface area contributed by atoms with E-state index in [4.69, 9.17) is 4.74 Å². The number of carbonyl (C=O) groups is 1. The van der Waals surface area contributed by atoms with Crippen LogP contribution in [0.15, 0.2) is 0 Å². The summed E-state index contributed by atoms with van der Waals surface area (Å²) in [4.78, 5) is 11.5. The average Bonchev–Trinajstić information content (AvgIpc) is 2.84. The molecule has 0 spiro atoms. The first-order valence-corrected chi connectivity index (χ1v) is 10.2. The minimum Gasteiger partial charge on any atom is -0.462 e. The first-order valence-electron chi connectivity index (χ1n) is 10.2. The second-order valence-corrected chi connectivity index (χ2v) is 9.94. The summed E-state index contributed by atoms with van der Waals surface area (Å²) < 4.78 is 33.6. The van der Waals surface area contributed by atoms with E-state index in [1.165, 1.54) is 6.92 Å². The molecule has 4 rings (SSSR count). The largest absolute Gasteiger partial charge is 0.462 e. The molecule has 0 aliphatic heterocycles. The second kappa shape index (κ2) is 5.66. The highest BCUT2D eigenvalue weighted by Gasteiger charge is 2.62. The van der Waals surface area contributed by atoms with Crippen molar-refractivity contribution < 1.29 is 18.3 Å². The number of hydrogen-bond acceptors (Lipinski definition) is 2. The van der Waals surface area contributed by atoms with E-state index < -0.39 is 5.92 Å². The predicted octanol–water partition coefficient (Wildman–Crippen LogP) is 5.60. The van der Waals surface area contributed by atoms with E-state index in [9.17, 15) is 13.6 Å². The van der Waals surface area contributed by atoms with Crippen molar-refractivity contribution in [1.29, 1.82) is 0 Å². The predicted molar refractivity (Wildman–Crippen MR) is 92.2 cm³/mol. The van der Waals surface area contributed by atoms with Crippen LogP contribution < -0.4 is 0 Å². The Labute approximate surface area is 150 Å². The van der Waals surface area contributed by atoms with Crippen LogP contribution in [0.25, 0.3) is 0 Å². The van der Waals surface area contributed by atoms with Gasteiger partial charge in [0, 0.05) is 25.2 Å². The molecule has 0 unspecified atom stereocenters. The lowest BCUT2D eigenvalue weighted by atomic mass is 9.45. The molecule has 0 radical (unpaired) electrons. The molecule has 0 aromatic carbocycles. The zero-order chi connectivity index (χ0) is 18.0. The van der Waals surface area contributed by atoms with Crippen LogP contribution in [0.1, 0.15) is 78.6 Å². The van der Waals surface area contributed by atoms with Crippen molar-refractivity contribution in [1.82, 2.24) is 0 Å². The van der Waals surface area contributed by atoms with Crippen molar-refractivity contribution in [2.45, 2.75) is 90.6 Å². The quantitative estimate of drug-likeness (QED) is 0.573. The van der Waals surface area contributed by atoms with Gasteiger partial charge in [0.25, 0.3) is 0 Å². The fourth-order valence-corrected chi connectivity index (χ4v) is 7.52. The Morgan fingerprint density at radius 2 is 1.64 bits per heavy atom. The highest BCUT2D eigenvalue weighted by molar-refractivity contribution is 5.66. The number of alkyl halides is 2. The average molecular weight is 354 g/mol. The van der Waals surface area contributed by atoms with Crippen LogP contribution in [0.4, 0.5) is 8.78 Å². The molecule has 2 nitrogen and oxygen atoms in total. The van der Waals surface area contributed by atoms with Gasteiger partial charge in [-0.25, -0.2) is 8.78 Å². The Kier molecular flexibility index (Phi) is 4.01. The number of esters is 1. The van der Waals surface area contributed by atoms with E-state index in [1.54, 1.807) is 0 Å². The van der Waals surface area contributed by atoms with Crippen molar-refractivity contribution in [2.75, 3.05) is 0 Å². The van der Waals surface area contributed by atoms with Crippen molar-refractivity contribution in [3.8, 4) is 0 Å². The van der Waals surface area contributed by atoms with E-state index in [0.717, 1.165) is 38.5 Å². The summed E-state index contributed by atoms with van der Waals surface area (Å²) in [5, 5.41) is 0. The number of fused-ring (bicyclic) bond motifs is 5. The lowest BCUT2D eigenvalue weighted by Gasteiger charge is -2.60. The van der Waals surface area contributed by atoms with E-state index in [1.807, 2.05) is 0 Å². The molecule has 142 valence electrons. The van der Waals surface area contributed by atoms with Gasteiger partial charge in [-0.05, 0) is 74.0 Å². The van der Waals surface area contributed by atoms with Crippen LogP contribution in [-0.2, 0) is 9.53 Å². The summed E-state index contributed by atoms with van der Waals surface area (Å²) in [7, 11) is 0. The molecule has 0 amide bonds. The van der Waals surface area contributed by atoms with Crippen LogP contribution in [0, 0.1) is 34.5 Å². The Morgan fingerprint density at radius 3 is 2.36 bits per heavy atom. The van der Waals surface area contributed by atoms with Crippen molar-refractivity contribution in [2.24, 2.45) is 34.5 Å². The molecular weight excluding hydrogens is 322 g/mol. The topological polar surface area (TPSA) is 26.3 Å². The van der Waals surface area contributed by atoms with Crippen LogP contribution in [0.3, 0.4) is 0 Å². The van der Waals surface area contributed by atoms with Gasteiger partial charge in [0.1, 0.15) is 6.10 Å². The molecule has 7 atom stereocenters. The van der Waals surface area contributed by atoms with Crippen LogP contribution in [0.2, 0.25) is 0 Å². The van der Waals surface area contributed by atoms with Gasteiger partial charge in [-0.1, -0.05) is 13.8 Å². The maximum atomic E-state index is 14.0. The lowest BCUT2D eigenvalue weighted by Crippen LogP contribution is -2.55. The third-order valence-corrected chi connectivity index (χ3v) is 8.86. The normalized spacial score (nSPS) is 51.2. The lowest BCUT2D eigenvalue weighted by molar-refractivity contribution is -0.174. The van der Waals surface area contributed by atoms with Gasteiger partial charge in [-0.2, -0.15) is 0 Å². The van der Waals surface area contributed by atoms with E-state index in [0.29, 0.717) is 24.2 Å². The van der Waals surface area contributed by atoms with Gasteiger partial charge in [0.05, 0.1) is 0 Å². The number of carbonyl (C=O) groups excluding carboxylic acids is 1. The summed E-state index contributed by atoms with van der Waals surface area (Å²) in [6.45, 7) is 6.14. The fourth-order valence-electron chi connectivity index (χ4n) is 7.52. The van der Waals surface area contributed by atoms with Gasteiger partial charge in [-0.15, -0.1) is 0 Å². The van der Waals surface area contributed by atoms with Crippen molar-refractivity contribution in [3.05, 3.63) is 0 Å². The summed E-state index contributed by atoms with van der Waals surface area (Å²) in [6, 6.07) is 0. The number of halogens is 2. The minimum atomic E-state index is -2.45. The fraction of sp³-hybridized carbons (Fsp3) is 0.952. The molecule has 0 N–H and O–H groups in total. The highest BCUT2D eigenvalue weighted by Crippen LogP contribution is 2.67. The zero-order valence-electron chi connectivity index (χ0n) is 15.8. The molecule has 4 aliphatic carbocycles. The monoisotopic (exact) mass is 354 g/mol. The molecule has 0 aromatic heterocycles. The highest BCUT2D eigenvalue weighted by atomic mass is 19.3. The van der Waals surface area contributed by atoms with Gasteiger partial charge >= 0.3 is 5.97 Å². The molecule has 25 heavy (non-hydrogen) atoms. The summed E-state index contributed by atoms with van der Waals surface area (Å²) in [6.07, 6.45) is 7.26. The molecule has 0 bridgehead atoms. The maximum absolute atomic E-state index is 14.0. The minimum absolute atomic E-state index is 0.0529. The second-order valence-electron chi connectivity index (χ2n) is 9.94. The standard InChI is InChI=1S/C21H32F2O2/c1-13(24)25-18-7-6-16-15-5-4-14-12-21(22,23)11-10-19(14,2)17(15)8-9-20(16,18)3/h14-18H,4-12H2,1-3H3/t14-,15+,16+,17+,18-,19+,20+/m1/s1. The number of rotatable bonds is 1. The maximum Gasteiger partial charge on any atom is 0.302 e. The molecular formula is C21H32F2O2. The molecule has 0 aromatic rings. The molecule has 4 aliphatic rings. The van der Waals surface area contributed by atoms with Crippen molar-refractivity contribution in [3.63, 3.8) is 0 Å². The third kappa shape index (κ3) is 2.65. The first kappa shape index (κ1) is 17.7. The smallest absolute Gasteiger partial charge is 0.302 e. The molecule has 0 heterocycles. The molecule has 4 heteroatoms. The van der Waals surface area contributed by atoms with Gasteiger partial charge < -0.3 is 4.74 Å². The Bertz CT molecular complexity index is 562. The van der Waals surface area contributed by atoms with Crippen LogP contribution in [0.5, 0.6) is 0 Å². The van der Waals surface area contributed by atoms with Crippen LogP contribution in [-0.4, -0.2) is 18.0 Å². The van der Waals surface area contributed by atoms with Crippen LogP contribution >= 0.6 is 0 Å². The Balaban J connectivity index is 1.57. The molecule has 4 fully saturated rings. The van der Waals surface area contributed by atoms with Gasteiger partial charge in [0.15, 0.2) is 0 Å².